The number of ether oxygens (including phenoxy) is 2. The number of benzene rings is 2. The molecule has 1 aliphatic carbocycles. The minimum absolute atomic E-state index is 0.0332. The third-order valence-electron chi connectivity index (χ3n) is 3.56. The van der Waals surface area contributed by atoms with E-state index >= 15 is 0 Å². The van der Waals surface area contributed by atoms with Gasteiger partial charge in [0.2, 0.25) is 0 Å². The molecule has 0 saturated carbocycles. The molecule has 0 bridgehead atoms. The predicted molar refractivity (Wildman–Crippen MR) is 75.0 cm³/mol. The molecule has 0 aliphatic heterocycles. The molecule has 0 fully saturated rings. The zero-order chi connectivity index (χ0) is 13.6. The lowest BCUT2D eigenvalue weighted by Gasteiger charge is -2.19. The maximum absolute atomic E-state index is 12.1. The van der Waals surface area contributed by atoms with Gasteiger partial charge in [-0.2, -0.15) is 0 Å². The fourth-order valence-electron chi connectivity index (χ4n) is 2.66. The van der Waals surface area contributed by atoms with Crippen molar-refractivity contribution >= 4 is 22.1 Å². The van der Waals surface area contributed by atoms with Crippen molar-refractivity contribution < 1.29 is 14.3 Å². The second kappa shape index (κ2) is 4.12. The highest BCUT2D eigenvalue weighted by molar-refractivity contribution is 6.23. The molecule has 0 atom stereocenters. The van der Waals surface area contributed by atoms with Crippen molar-refractivity contribution in [1.29, 1.82) is 0 Å². The van der Waals surface area contributed by atoms with Crippen LogP contribution in [0.1, 0.15) is 22.8 Å². The molecule has 1 aliphatic rings. The van der Waals surface area contributed by atoms with Crippen LogP contribution in [-0.4, -0.2) is 20.0 Å². The first-order valence-corrected chi connectivity index (χ1v) is 6.08. The average molecular weight is 254 g/mol. The zero-order valence-corrected chi connectivity index (χ0v) is 11.1. The molecule has 3 heteroatoms. The summed E-state index contributed by atoms with van der Waals surface area (Å²) < 4.78 is 10.8. The van der Waals surface area contributed by atoms with Crippen LogP contribution in [0.15, 0.2) is 30.3 Å². The molecule has 0 radical (unpaired) electrons. The highest BCUT2D eigenvalue weighted by Crippen LogP contribution is 2.42. The Kier molecular flexibility index (Phi) is 2.56. The number of allylic oxidation sites excluding steroid dienone is 2. The molecule has 96 valence electrons. The van der Waals surface area contributed by atoms with Gasteiger partial charge in [-0.15, -0.1) is 0 Å². The summed E-state index contributed by atoms with van der Waals surface area (Å²) in [6, 6.07) is 7.53. The van der Waals surface area contributed by atoms with E-state index in [-0.39, 0.29) is 5.78 Å². The molecule has 0 aromatic heterocycles. The third kappa shape index (κ3) is 1.55. The minimum atomic E-state index is 0.0332. The van der Waals surface area contributed by atoms with Crippen LogP contribution in [0.2, 0.25) is 0 Å². The first kappa shape index (κ1) is 11.8. The summed E-state index contributed by atoms with van der Waals surface area (Å²) in [5.74, 6) is 1.48. The number of hydrogen-bond acceptors (Lipinski definition) is 3. The second-order valence-electron chi connectivity index (χ2n) is 4.57. The van der Waals surface area contributed by atoms with E-state index in [1.165, 1.54) is 0 Å². The lowest BCUT2D eigenvalue weighted by atomic mass is 9.87. The van der Waals surface area contributed by atoms with Gasteiger partial charge < -0.3 is 9.47 Å². The highest BCUT2D eigenvalue weighted by Gasteiger charge is 2.22. The zero-order valence-electron chi connectivity index (χ0n) is 11.1. The smallest absolute Gasteiger partial charge is 0.186 e. The topological polar surface area (TPSA) is 35.5 Å². The van der Waals surface area contributed by atoms with Gasteiger partial charge in [-0.25, -0.2) is 0 Å². The van der Waals surface area contributed by atoms with Crippen LogP contribution < -0.4 is 9.47 Å². The molecule has 3 nitrogen and oxygen atoms in total. The van der Waals surface area contributed by atoms with Crippen molar-refractivity contribution in [3.63, 3.8) is 0 Å². The van der Waals surface area contributed by atoms with Crippen molar-refractivity contribution in [1.82, 2.24) is 0 Å². The first-order valence-electron chi connectivity index (χ1n) is 6.08. The van der Waals surface area contributed by atoms with E-state index in [0.29, 0.717) is 5.56 Å². The molecule has 0 heterocycles. The molecule has 0 unspecified atom stereocenters. The van der Waals surface area contributed by atoms with Gasteiger partial charge in [0.15, 0.2) is 5.78 Å². The largest absolute Gasteiger partial charge is 0.496 e. The summed E-state index contributed by atoms with van der Waals surface area (Å²) in [5.41, 5.74) is 2.73. The van der Waals surface area contributed by atoms with Gasteiger partial charge >= 0.3 is 0 Å². The van der Waals surface area contributed by atoms with Crippen LogP contribution >= 0.6 is 0 Å². The van der Waals surface area contributed by atoms with Crippen molar-refractivity contribution in [3.05, 3.63) is 41.5 Å². The molecular formula is C16H14O3. The van der Waals surface area contributed by atoms with E-state index < -0.39 is 0 Å². The fraction of sp³-hybridized carbons (Fsp3) is 0.188. The average Bonchev–Trinajstić information content (AvgIpc) is 2.43. The van der Waals surface area contributed by atoms with Gasteiger partial charge in [0, 0.05) is 10.9 Å². The Bertz CT molecular complexity index is 716. The normalized spacial score (nSPS) is 13.4. The van der Waals surface area contributed by atoms with E-state index in [1.54, 1.807) is 20.3 Å². The number of ketones is 1. The van der Waals surface area contributed by atoms with Gasteiger partial charge in [-0.3, -0.25) is 4.79 Å². The van der Waals surface area contributed by atoms with E-state index in [9.17, 15) is 4.79 Å². The van der Waals surface area contributed by atoms with E-state index in [2.05, 4.69) is 0 Å². The van der Waals surface area contributed by atoms with Crippen molar-refractivity contribution in [2.75, 3.05) is 14.2 Å². The Balaban J connectivity index is 2.54. The van der Waals surface area contributed by atoms with Gasteiger partial charge in [0.1, 0.15) is 11.5 Å². The van der Waals surface area contributed by atoms with Crippen LogP contribution in [0.25, 0.3) is 16.3 Å². The lowest BCUT2D eigenvalue weighted by Crippen LogP contribution is -2.05. The summed E-state index contributed by atoms with van der Waals surface area (Å²) in [4.78, 5) is 12.1. The third-order valence-corrected chi connectivity index (χ3v) is 3.56. The molecule has 2 aromatic rings. The van der Waals surface area contributed by atoms with Crippen LogP contribution in [0.4, 0.5) is 0 Å². The van der Waals surface area contributed by atoms with Crippen LogP contribution in [0, 0.1) is 0 Å². The monoisotopic (exact) mass is 254 g/mol. The van der Waals surface area contributed by atoms with E-state index in [1.807, 2.05) is 31.2 Å². The molecule has 0 saturated heterocycles. The quantitative estimate of drug-likeness (QED) is 0.823. The lowest BCUT2D eigenvalue weighted by molar-refractivity contribution is 0.104. The number of carbonyl (C=O) groups excluding carboxylic acids is 1. The van der Waals surface area contributed by atoms with Gasteiger partial charge in [0.05, 0.1) is 19.6 Å². The molecule has 19 heavy (non-hydrogen) atoms. The van der Waals surface area contributed by atoms with Crippen LogP contribution in [0.5, 0.6) is 11.5 Å². The molecule has 3 rings (SSSR count). The highest BCUT2D eigenvalue weighted by atomic mass is 16.5. The maximum atomic E-state index is 12.1. The van der Waals surface area contributed by atoms with Gasteiger partial charge in [-0.1, -0.05) is 6.07 Å². The maximum Gasteiger partial charge on any atom is 0.186 e. The predicted octanol–water partition coefficient (Wildman–Crippen LogP) is 3.46. The van der Waals surface area contributed by atoms with Gasteiger partial charge in [0.25, 0.3) is 0 Å². The SMILES string of the molecule is COc1ccc2c3c(ccc(OC)c13)C(C)=CC2=O. The molecule has 0 spiro atoms. The Labute approximate surface area is 111 Å². The Morgan fingerprint density at radius 2 is 1.42 bits per heavy atom. The first-order chi connectivity index (χ1) is 9.17. The minimum Gasteiger partial charge on any atom is -0.496 e. The second-order valence-corrected chi connectivity index (χ2v) is 4.57. The molecular weight excluding hydrogens is 240 g/mol. The summed E-state index contributed by atoms with van der Waals surface area (Å²) in [6.07, 6.45) is 1.68. The molecule has 0 N–H and O–H groups in total. The summed E-state index contributed by atoms with van der Waals surface area (Å²) >= 11 is 0. The van der Waals surface area contributed by atoms with Crippen molar-refractivity contribution in [2.45, 2.75) is 6.92 Å². The number of rotatable bonds is 2. The Morgan fingerprint density at radius 1 is 0.842 bits per heavy atom. The molecule has 0 amide bonds. The summed E-state index contributed by atoms with van der Waals surface area (Å²) in [7, 11) is 3.24. The van der Waals surface area contributed by atoms with Crippen LogP contribution in [-0.2, 0) is 0 Å². The van der Waals surface area contributed by atoms with E-state index in [0.717, 1.165) is 33.4 Å². The number of carbonyl (C=O) groups is 1. The fourth-order valence-corrected chi connectivity index (χ4v) is 2.66. The standard InChI is InChI=1S/C16H14O3/c1-9-8-12(17)11-5-7-14(19-3)16-13(18-2)6-4-10(9)15(11)16/h4-8H,1-3H3. The van der Waals surface area contributed by atoms with Crippen molar-refractivity contribution in [2.24, 2.45) is 0 Å². The van der Waals surface area contributed by atoms with Crippen LogP contribution in [0.3, 0.4) is 0 Å². The Hall–Kier alpha value is -2.29. The van der Waals surface area contributed by atoms with Crippen molar-refractivity contribution in [3.8, 4) is 11.5 Å². The van der Waals surface area contributed by atoms with Gasteiger partial charge in [-0.05, 0) is 42.3 Å². The number of hydrogen-bond donors (Lipinski definition) is 0. The molecule has 2 aromatic carbocycles. The van der Waals surface area contributed by atoms with E-state index in [4.69, 9.17) is 9.47 Å². The summed E-state index contributed by atoms with van der Waals surface area (Å²) in [5, 5.41) is 1.78. The summed E-state index contributed by atoms with van der Waals surface area (Å²) in [6.45, 7) is 1.95. The number of methoxy groups -OCH3 is 2. The Morgan fingerprint density at radius 3 is 2.00 bits per heavy atom.